The lowest BCUT2D eigenvalue weighted by atomic mass is 10.2. The third-order valence-electron chi connectivity index (χ3n) is 2.30. The number of hydrogen-bond acceptors (Lipinski definition) is 3. The summed E-state index contributed by atoms with van der Waals surface area (Å²) in [6.45, 7) is 4.36. The minimum Gasteiger partial charge on any atom is -0.468 e. The van der Waals surface area contributed by atoms with Gasteiger partial charge in [-0.15, -0.1) is 0 Å². The van der Waals surface area contributed by atoms with Crippen LogP contribution >= 0.6 is 0 Å². The highest BCUT2D eigenvalue weighted by Gasteiger charge is 2.26. The van der Waals surface area contributed by atoms with E-state index >= 15 is 0 Å². The second-order valence-corrected chi connectivity index (χ2v) is 4.32. The van der Waals surface area contributed by atoms with Crippen LogP contribution in [0.25, 0.3) is 0 Å². The van der Waals surface area contributed by atoms with Crippen LogP contribution in [0.4, 0.5) is 13.2 Å². The standard InChI is InChI=1S/C12H18F3NO2/c1-9(2)16-7-11-10(3-5-18-11)8-17-6-4-12(13,14)15/h3,5,9,16H,4,6-8H2,1-2H3. The number of alkyl halides is 3. The van der Waals surface area contributed by atoms with E-state index in [1.807, 2.05) is 13.8 Å². The first-order chi connectivity index (χ1) is 8.38. The Hall–Kier alpha value is -1.01. The summed E-state index contributed by atoms with van der Waals surface area (Å²) in [6.07, 6.45) is -3.58. The zero-order valence-corrected chi connectivity index (χ0v) is 10.5. The number of hydrogen-bond donors (Lipinski definition) is 1. The maximum absolute atomic E-state index is 11.9. The van der Waals surface area contributed by atoms with E-state index in [1.54, 1.807) is 6.07 Å². The van der Waals surface area contributed by atoms with Gasteiger partial charge in [-0.25, -0.2) is 0 Å². The van der Waals surface area contributed by atoms with Crippen molar-refractivity contribution in [1.29, 1.82) is 0 Å². The predicted molar refractivity (Wildman–Crippen MR) is 61.0 cm³/mol. The summed E-state index contributed by atoms with van der Waals surface area (Å²) < 4.78 is 45.9. The van der Waals surface area contributed by atoms with Crippen LogP contribution in [-0.2, 0) is 17.9 Å². The van der Waals surface area contributed by atoms with Gasteiger partial charge >= 0.3 is 6.18 Å². The van der Waals surface area contributed by atoms with Gasteiger partial charge in [-0.2, -0.15) is 13.2 Å². The normalized spacial score (nSPS) is 12.3. The first kappa shape index (κ1) is 15.0. The Kier molecular flexibility index (Phi) is 5.68. The van der Waals surface area contributed by atoms with Gasteiger partial charge in [0.15, 0.2) is 0 Å². The molecule has 1 heterocycles. The van der Waals surface area contributed by atoms with E-state index in [-0.39, 0.29) is 13.2 Å². The van der Waals surface area contributed by atoms with Gasteiger partial charge in [-0.1, -0.05) is 13.8 Å². The third kappa shape index (κ3) is 6.07. The summed E-state index contributed by atoms with van der Waals surface area (Å²) in [5, 5.41) is 3.17. The smallest absolute Gasteiger partial charge is 0.391 e. The van der Waals surface area contributed by atoms with Gasteiger partial charge in [0.2, 0.25) is 0 Å². The summed E-state index contributed by atoms with van der Waals surface area (Å²) in [4.78, 5) is 0. The SMILES string of the molecule is CC(C)NCc1occc1COCCC(F)(F)F. The third-order valence-corrected chi connectivity index (χ3v) is 2.30. The largest absolute Gasteiger partial charge is 0.468 e. The molecule has 6 heteroatoms. The van der Waals surface area contributed by atoms with Crippen molar-refractivity contribution < 1.29 is 22.3 Å². The van der Waals surface area contributed by atoms with E-state index in [1.165, 1.54) is 6.26 Å². The van der Waals surface area contributed by atoms with Crippen LogP contribution in [0.15, 0.2) is 16.7 Å². The maximum Gasteiger partial charge on any atom is 0.391 e. The molecule has 18 heavy (non-hydrogen) atoms. The lowest BCUT2D eigenvalue weighted by Crippen LogP contribution is -2.22. The number of rotatable bonds is 7. The molecule has 1 aromatic rings. The molecule has 1 rings (SSSR count). The van der Waals surface area contributed by atoms with Crippen molar-refractivity contribution in [3.05, 3.63) is 23.7 Å². The van der Waals surface area contributed by atoms with Crippen molar-refractivity contribution >= 4 is 0 Å². The Morgan fingerprint density at radius 2 is 2.11 bits per heavy atom. The average Bonchev–Trinajstić information content (AvgIpc) is 2.67. The summed E-state index contributed by atoms with van der Waals surface area (Å²) in [7, 11) is 0. The molecule has 0 fully saturated rings. The average molecular weight is 265 g/mol. The Balaban J connectivity index is 2.32. The molecule has 0 radical (unpaired) electrons. The lowest BCUT2D eigenvalue weighted by Gasteiger charge is -2.09. The zero-order valence-electron chi connectivity index (χ0n) is 10.5. The first-order valence-electron chi connectivity index (χ1n) is 5.81. The highest BCUT2D eigenvalue weighted by molar-refractivity contribution is 5.15. The van der Waals surface area contributed by atoms with Crippen LogP contribution < -0.4 is 5.32 Å². The van der Waals surface area contributed by atoms with Crippen LogP contribution in [0, 0.1) is 0 Å². The molecule has 0 saturated heterocycles. The number of halogens is 3. The van der Waals surface area contributed by atoms with Gasteiger partial charge in [0, 0.05) is 11.6 Å². The first-order valence-corrected chi connectivity index (χ1v) is 5.81. The lowest BCUT2D eigenvalue weighted by molar-refractivity contribution is -0.146. The van der Waals surface area contributed by atoms with Crippen molar-refractivity contribution in [2.75, 3.05) is 6.61 Å². The molecule has 0 atom stereocenters. The second kappa shape index (κ2) is 6.80. The molecular weight excluding hydrogens is 247 g/mol. The zero-order chi connectivity index (χ0) is 13.6. The molecule has 3 nitrogen and oxygen atoms in total. The molecular formula is C12H18F3NO2. The molecule has 104 valence electrons. The van der Waals surface area contributed by atoms with Gasteiger partial charge in [0.25, 0.3) is 0 Å². The minimum absolute atomic E-state index is 0.141. The van der Waals surface area contributed by atoms with Crippen LogP contribution in [-0.4, -0.2) is 18.8 Å². The van der Waals surface area contributed by atoms with E-state index in [4.69, 9.17) is 9.15 Å². The van der Waals surface area contributed by atoms with Crippen molar-refractivity contribution in [3.63, 3.8) is 0 Å². The number of furan rings is 1. The quantitative estimate of drug-likeness (QED) is 0.768. The monoisotopic (exact) mass is 265 g/mol. The molecule has 1 aromatic heterocycles. The molecule has 0 aromatic carbocycles. The number of nitrogens with one attached hydrogen (secondary N) is 1. The van der Waals surface area contributed by atoms with Crippen LogP contribution in [0.2, 0.25) is 0 Å². The van der Waals surface area contributed by atoms with Crippen LogP contribution in [0.5, 0.6) is 0 Å². The van der Waals surface area contributed by atoms with Gasteiger partial charge in [0.1, 0.15) is 5.76 Å². The van der Waals surface area contributed by atoms with E-state index in [2.05, 4.69) is 5.32 Å². The summed E-state index contributed by atoms with van der Waals surface area (Å²) in [5.74, 6) is 0.704. The molecule has 0 spiro atoms. The van der Waals surface area contributed by atoms with E-state index in [0.717, 1.165) is 5.56 Å². The molecule has 0 aliphatic heterocycles. The molecule has 0 aliphatic rings. The Morgan fingerprint density at radius 3 is 2.72 bits per heavy atom. The topological polar surface area (TPSA) is 34.4 Å². The van der Waals surface area contributed by atoms with Crippen molar-refractivity contribution in [2.24, 2.45) is 0 Å². The minimum atomic E-state index is -4.17. The van der Waals surface area contributed by atoms with Gasteiger partial charge < -0.3 is 14.5 Å². The summed E-state index contributed by atoms with van der Waals surface area (Å²) >= 11 is 0. The molecule has 1 N–H and O–H groups in total. The van der Waals surface area contributed by atoms with Crippen LogP contribution in [0.1, 0.15) is 31.6 Å². The van der Waals surface area contributed by atoms with Crippen molar-refractivity contribution in [3.8, 4) is 0 Å². The van der Waals surface area contributed by atoms with E-state index < -0.39 is 12.6 Å². The summed E-state index contributed by atoms with van der Waals surface area (Å²) in [5.41, 5.74) is 0.783. The maximum atomic E-state index is 11.9. The predicted octanol–water partition coefficient (Wildman–Crippen LogP) is 3.25. The van der Waals surface area contributed by atoms with Gasteiger partial charge in [-0.05, 0) is 6.07 Å². The van der Waals surface area contributed by atoms with E-state index in [9.17, 15) is 13.2 Å². The van der Waals surface area contributed by atoms with Crippen molar-refractivity contribution in [1.82, 2.24) is 5.32 Å². The van der Waals surface area contributed by atoms with Gasteiger partial charge in [-0.3, -0.25) is 0 Å². The Bertz CT molecular complexity index is 347. The number of ether oxygens (including phenoxy) is 1. The second-order valence-electron chi connectivity index (χ2n) is 4.32. The Labute approximate surface area is 104 Å². The van der Waals surface area contributed by atoms with Crippen molar-refractivity contribution in [2.45, 2.75) is 45.6 Å². The molecule has 0 amide bonds. The molecule has 0 aliphatic carbocycles. The summed E-state index contributed by atoms with van der Waals surface area (Å²) in [6, 6.07) is 2.03. The molecule has 0 unspecified atom stereocenters. The fourth-order valence-corrected chi connectivity index (χ4v) is 1.32. The molecule has 0 bridgehead atoms. The molecule has 0 saturated carbocycles. The highest BCUT2D eigenvalue weighted by Crippen LogP contribution is 2.19. The Morgan fingerprint density at radius 1 is 1.39 bits per heavy atom. The van der Waals surface area contributed by atoms with Crippen LogP contribution in [0.3, 0.4) is 0 Å². The fourth-order valence-electron chi connectivity index (χ4n) is 1.32. The highest BCUT2D eigenvalue weighted by atomic mass is 19.4. The fraction of sp³-hybridized carbons (Fsp3) is 0.667. The van der Waals surface area contributed by atoms with E-state index in [0.29, 0.717) is 18.3 Å². The van der Waals surface area contributed by atoms with Gasteiger partial charge in [0.05, 0.1) is 32.4 Å².